The second-order valence-corrected chi connectivity index (χ2v) is 10.4. The molecule has 0 spiro atoms. The third-order valence-electron chi connectivity index (χ3n) is 7.70. The number of nitrogens with zero attached hydrogens (tertiary/aromatic N) is 4. The standard InChI is InChI=1S/C31H25F2N7O/c32-23-9-5-4-8-20(23)27-29-25(10-11-35-27)37-30(38-29)28-22-13-21(24(33)14-26(22)39-40-28)18-12-19(16-34-15-18)36-31(41)17-6-2-1-3-7-17/h4-5,8-17H,1-3,6-7H2,(H,36,41)(H,37,38)(H,39,40). The van der Waals surface area contributed by atoms with Gasteiger partial charge in [-0.3, -0.25) is 19.9 Å². The van der Waals surface area contributed by atoms with Crippen molar-refractivity contribution in [2.45, 2.75) is 32.1 Å². The Morgan fingerprint density at radius 2 is 1.76 bits per heavy atom. The molecule has 4 heterocycles. The molecule has 204 valence electrons. The van der Waals surface area contributed by atoms with Crippen LogP contribution >= 0.6 is 0 Å². The second kappa shape index (κ2) is 10.2. The van der Waals surface area contributed by atoms with Crippen molar-refractivity contribution in [2.75, 3.05) is 5.32 Å². The number of nitrogens with one attached hydrogen (secondary N) is 3. The number of benzene rings is 2. The maximum absolute atomic E-state index is 15.3. The number of hydrogen-bond acceptors (Lipinski definition) is 5. The van der Waals surface area contributed by atoms with E-state index in [0.717, 1.165) is 32.1 Å². The Hall–Kier alpha value is -4.99. The van der Waals surface area contributed by atoms with E-state index in [9.17, 15) is 9.18 Å². The van der Waals surface area contributed by atoms with Crippen molar-refractivity contribution < 1.29 is 13.6 Å². The number of carbonyl (C=O) groups excluding carboxylic acids is 1. The third kappa shape index (κ3) is 4.61. The number of carbonyl (C=O) groups is 1. The predicted octanol–water partition coefficient (Wildman–Crippen LogP) is 7.03. The van der Waals surface area contributed by atoms with E-state index in [0.29, 0.717) is 61.5 Å². The molecule has 1 aliphatic carbocycles. The average molecular weight is 550 g/mol. The largest absolute Gasteiger partial charge is 0.336 e. The summed E-state index contributed by atoms with van der Waals surface area (Å²) in [7, 11) is 0. The Morgan fingerprint density at radius 3 is 2.61 bits per heavy atom. The molecule has 1 amide bonds. The van der Waals surface area contributed by atoms with Gasteiger partial charge in [0.2, 0.25) is 5.91 Å². The molecular weight excluding hydrogens is 524 g/mol. The van der Waals surface area contributed by atoms with E-state index in [-0.39, 0.29) is 11.8 Å². The minimum atomic E-state index is -0.457. The summed E-state index contributed by atoms with van der Waals surface area (Å²) in [5, 5.41) is 10.9. The van der Waals surface area contributed by atoms with Crippen LogP contribution in [0.3, 0.4) is 0 Å². The van der Waals surface area contributed by atoms with E-state index in [2.05, 4.69) is 30.5 Å². The molecule has 1 saturated carbocycles. The number of pyridine rings is 2. The summed E-state index contributed by atoms with van der Waals surface area (Å²) in [6.45, 7) is 0. The Morgan fingerprint density at radius 1 is 0.902 bits per heavy atom. The highest BCUT2D eigenvalue weighted by Crippen LogP contribution is 2.35. The zero-order chi connectivity index (χ0) is 27.9. The van der Waals surface area contributed by atoms with Gasteiger partial charge in [0.1, 0.15) is 28.5 Å². The van der Waals surface area contributed by atoms with E-state index < -0.39 is 11.6 Å². The van der Waals surface area contributed by atoms with Crippen LogP contribution in [0.15, 0.2) is 67.1 Å². The van der Waals surface area contributed by atoms with Gasteiger partial charge in [-0.25, -0.2) is 13.8 Å². The Bertz CT molecular complexity index is 1920. The highest BCUT2D eigenvalue weighted by Gasteiger charge is 2.22. The van der Waals surface area contributed by atoms with Gasteiger partial charge in [0.25, 0.3) is 0 Å². The molecule has 1 aliphatic rings. The summed E-state index contributed by atoms with van der Waals surface area (Å²) in [6.07, 6.45) is 9.76. The molecule has 8 nitrogen and oxygen atoms in total. The minimum absolute atomic E-state index is 0.00751. The first-order chi connectivity index (χ1) is 20.0. The zero-order valence-corrected chi connectivity index (χ0v) is 21.9. The fraction of sp³-hybridized carbons (Fsp3) is 0.194. The molecule has 0 aliphatic heterocycles. The lowest BCUT2D eigenvalue weighted by Gasteiger charge is -2.20. The van der Waals surface area contributed by atoms with E-state index in [1.807, 2.05) is 0 Å². The van der Waals surface area contributed by atoms with Gasteiger partial charge in [0.15, 0.2) is 5.82 Å². The van der Waals surface area contributed by atoms with Crippen LogP contribution in [0.4, 0.5) is 14.5 Å². The molecule has 4 aromatic heterocycles. The highest BCUT2D eigenvalue weighted by atomic mass is 19.1. The first-order valence-electron chi connectivity index (χ1n) is 13.6. The summed E-state index contributed by atoms with van der Waals surface area (Å²) < 4.78 is 29.9. The Kier molecular flexibility index (Phi) is 6.22. The van der Waals surface area contributed by atoms with Crippen LogP contribution in [0.25, 0.3) is 55.8 Å². The maximum Gasteiger partial charge on any atom is 0.227 e. The average Bonchev–Trinajstić information content (AvgIpc) is 3.61. The van der Waals surface area contributed by atoms with Crippen molar-refractivity contribution in [3.05, 3.63) is 78.8 Å². The molecule has 41 heavy (non-hydrogen) atoms. The number of amides is 1. The van der Waals surface area contributed by atoms with E-state index in [4.69, 9.17) is 4.98 Å². The zero-order valence-electron chi connectivity index (χ0n) is 21.9. The quantitative estimate of drug-likeness (QED) is 0.214. The lowest BCUT2D eigenvalue weighted by Crippen LogP contribution is -2.24. The molecule has 0 bridgehead atoms. The normalized spacial score (nSPS) is 14.1. The van der Waals surface area contributed by atoms with Gasteiger partial charge in [-0.1, -0.05) is 31.4 Å². The van der Waals surface area contributed by atoms with Gasteiger partial charge < -0.3 is 10.3 Å². The molecule has 1 fully saturated rings. The van der Waals surface area contributed by atoms with Gasteiger partial charge in [-0.15, -0.1) is 0 Å². The molecule has 2 aromatic carbocycles. The van der Waals surface area contributed by atoms with Crippen molar-refractivity contribution in [3.8, 4) is 33.9 Å². The van der Waals surface area contributed by atoms with Crippen LogP contribution in [0.5, 0.6) is 0 Å². The second-order valence-electron chi connectivity index (χ2n) is 10.4. The number of fused-ring (bicyclic) bond motifs is 2. The Balaban J connectivity index is 1.26. The molecule has 0 atom stereocenters. The third-order valence-corrected chi connectivity index (χ3v) is 7.70. The van der Waals surface area contributed by atoms with Crippen molar-refractivity contribution in [1.29, 1.82) is 0 Å². The van der Waals surface area contributed by atoms with Gasteiger partial charge in [0.05, 0.1) is 22.9 Å². The fourth-order valence-electron chi connectivity index (χ4n) is 5.60. The van der Waals surface area contributed by atoms with Crippen molar-refractivity contribution in [3.63, 3.8) is 0 Å². The van der Waals surface area contributed by atoms with Gasteiger partial charge in [-0.05, 0) is 43.2 Å². The van der Waals surface area contributed by atoms with Crippen molar-refractivity contribution in [2.24, 2.45) is 5.92 Å². The smallest absolute Gasteiger partial charge is 0.227 e. The first-order valence-corrected chi connectivity index (χ1v) is 13.6. The topological polar surface area (TPSA) is 112 Å². The van der Waals surface area contributed by atoms with Crippen LogP contribution in [-0.2, 0) is 4.79 Å². The number of anilines is 1. The van der Waals surface area contributed by atoms with E-state index in [1.54, 1.807) is 55.0 Å². The van der Waals surface area contributed by atoms with Gasteiger partial charge >= 0.3 is 0 Å². The summed E-state index contributed by atoms with van der Waals surface area (Å²) in [4.78, 5) is 29.4. The summed E-state index contributed by atoms with van der Waals surface area (Å²) in [5.41, 5.74) is 4.24. The molecule has 0 unspecified atom stereocenters. The molecule has 7 rings (SSSR count). The summed E-state index contributed by atoms with van der Waals surface area (Å²) >= 11 is 0. The lowest BCUT2D eigenvalue weighted by molar-refractivity contribution is -0.120. The van der Waals surface area contributed by atoms with E-state index in [1.165, 1.54) is 12.1 Å². The minimum Gasteiger partial charge on any atom is -0.336 e. The highest BCUT2D eigenvalue weighted by molar-refractivity contribution is 5.98. The molecular formula is C31H25F2N7O. The first kappa shape index (κ1) is 25.0. The van der Waals surface area contributed by atoms with Crippen molar-refractivity contribution in [1.82, 2.24) is 30.1 Å². The number of imidazole rings is 1. The molecule has 6 aromatic rings. The van der Waals surface area contributed by atoms with Crippen LogP contribution in [0.1, 0.15) is 32.1 Å². The monoisotopic (exact) mass is 549 g/mol. The van der Waals surface area contributed by atoms with Crippen LogP contribution < -0.4 is 5.32 Å². The number of hydrogen-bond donors (Lipinski definition) is 3. The number of aromatic nitrogens is 6. The van der Waals surface area contributed by atoms with Gasteiger partial charge in [0, 0.05) is 46.5 Å². The summed E-state index contributed by atoms with van der Waals surface area (Å²) in [5.74, 6) is -0.451. The number of H-pyrrole nitrogens is 2. The van der Waals surface area contributed by atoms with Crippen LogP contribution in [-0.4, -0.2) is 36.0 Å². The molecule has 3 N–H and O–H groups in total. The molecule has 10 heteroatoms. The van der Waals surface area contributed by atoms with Crippen LogP contribution in [0.2, 0.25) is 0 Å². The fourth-order valence-corrected chi connectivity index (χ4v) is 5.60. The molecule has 0 saturated heterocycles. The maximum atomic E-state index is 15.3. The van der Waals surface area contributed by atoms with Crippen molar-refractivity contribution >= 4 is 33.5 Å². The number of aromatic amines is 2. The van der Waals surface area contributed by atoms with Crippen LogP contribution in [0, 0.1) is 17.6 Å². The van der Waals surface area contributed by atoms with E-state index >= 15 is 4.39 Å². The predicted molar refractivity (Wildman–Crippen MR) is 153 cm³/mol. The summed E-state index contributed by atoms with van der Waals surface area (Å²) in [6, 6.07) is 13.0. The number of rotatable bonds is 5. The SMILES string of the molecule is O=C(Nc1cncc(-c2cc3c(-c4nc5c(-c6ccccc6F)nccc5[nH]4)n[nH]c3cc2F)c1)C1CCCCC1. The molecule has 0 radical (unpaired) electrons. The van der Waals surface area contributed by atoms with Gasteiger partial charge in [-0.2, -0.15) is 5.10 Å². The lowest BCUT2D eigenvalue weighted by atomic mass is 9.88. The Labute approximate surface area is 233 Å². The number of halogens is 2.